The van der Waals surface area contributed by atoms with E-state index < -0.39 is 0 Å². The number of allylic oxidation sites excluding steroid dienone is 5. The van der Waals surface area contributed by atoms with Gasteiger partial charge in [0.1, 0.15) is 0 Å². The molecule has 1 fully saturated rings. The lowest BCUT2D eigenvalue weighted by molar-refractivity contribution is -0.118. The van der Waals surface area contributed by atoms with Crippen LogP contribution in [-0.4, -0.2) is 18.7 Å². The van der Waals surface area contributed by atoms with E-state index in [4.69, 9.17) is 4.74 Å². The van der Waals surface area contributed by atoms with Crippen LogP contribution in [0.4, 0.5) is 0 Å². The minimum Gasteiger partial charge on any atom is -0.493 e. The van der Waals surface area contributed by atoms with Crippen LogP contribution < -0.4 is 0 Å². The molecule has 0 aliphatic heterocycles. The van der Waals surface area contributed by atoms with Gasteiger partial charge in [-0.3, -0.25) is 9.59 Å². The molecular formula is C22H30O3. The highest BCUT2D eigenvalue weighted by molar-refractivity contribution is 6.19. The van der Waals surface area contributed by atoms with Crippen molar-refractivity contribution in [1.82, 2.24) is 0 Å². The molecule has 0 radical (unpaired) electrons. The zero-order valence-corrected chi connectivity index (χ0v) is 16.1. The number of Topliss-reactive ketones (excluding diaryl/α,β-unsaturated/α-hetero) is 1. The molecule has 136 valence electrons. The highest BCUT2D eigenvalue weighted by Gasteiger charge is 2.53. The molecule has 3 heteroatoms. The first-order valence-electron chi connectivity index (χ1n) is 9.44. The van der Waals surface area contributed by atoms with Crippen LogP contribution in [0.25, 0.3) is 0 Å². The lowest BCUT2D eigenvalue weighted by atomic mass is 9.46. The maximum atomic E-state index is 12.7. The van der Waals surface area contributed by atoms with E-state index in [-0.39, 0.29) is 28.2 Å². The molecule has 0 amide bonds. The SMILES string of the molecule is COC1=CC(=O)C=C(CC2(C)C(C)CCC3(C)C(C)=CCCC32)C1=O. The quantitative estimate of drug-likeness (QED) is 0.547. The van der Waals surface area contributed by atoms with Gasteiger partial charge in [0.2, 0.25) is 5.78 Å². The van der Waals surface area contributed by atoms with Crippen LogP contribution in [-0.2, 0) is 14.3 Å². The smallest absolute Gasteiger partial charge is 0.223 e. The lowest BCUT2D eigenvalue weighted by Crippen LogP contribution is -2.50. The molecule has 3 nitrogen and oxygen atoms in total. The zero-order valence-electron chi connectivity index (χ0n) is 16.1. The van der Waals surface area contributed by atoms with Gasteiger partial charge in [0.25, 0.3) is 0 Å². The first-order valence-corrected chi connectivity index (χ1v) is 9.44. The summed E-state index contributed by atoms with van der Waals surface area (Å²) >= 11 is 0. The summed E-state index contributed by atoms with van der Waals surface area (Å²) in [4.78, 5) is 24.7. The molecule has 1 saturated carbocycles. The van der Waals surface area contributed by atoms with E-state index in [2.05, 4.69) is 33.8 Å². The number of hydrogen-bond acceptors (Lipinski definition) is 3. The molecule has 0 heterocycles. The minimum atomic E-state index is -0.138. The number of rotatable bonds is 3. The van der Waals surface area contributed by atoms with E-state index >= 15 is 0 Å². The maximum Gasteiger partial charge on any atom is 0.223 e. The molecule has 25 heavy (non-hydrogen) atoms. The summed E-state index contributed by atoms with van der Waals surface area (Å²) in [6, 6.07) is 0. The molecule has 0 aromatic rings. The van der Waals surface area contributed by atoms with E-state index in [0.717, 1.165) is 19.3 Å². The van der Waals surface area contributed by atoms with Crippen molar-refractivity contribution in [2.24, 2.45) is 22.7 Å². The average molecular weight is 342 g/mol. The third-order valence-electron chi connectivity index (χ3n) is 7.49. The molecule has 0 bridgehead atoms. The number of fused-ring (bicyclic) bond motifs is 1. The van der Waals surface area contributed by atoms with Crippen molar-refractivity contribution in [1.29, 1.82) is 0 Å². The fraction of sp³-hybridized carbons (Fsp3) is 0.636. The lowest BCUT2D eigenvalue weighted by Gasteiger charge is -2.58. The number of hydrogen-bond donors (Lipinski definition) is 0. The molecule has 3 aliphatic carbocycles. The molecule has 0 N–H and O–H groups in total. The molecule has 0 aromatic heterocycles. The molecule has 3 rings (SSSR count). The van der Waals surface area contributed by atoms with E-state index in [1.54, 1.807) is 0 Å². The first-order chi connectivity index (χ1) is 11.7. The zero-order chi connectivity index (χ0) is 18.4. The van der Waals surface area contributed by atoms with E-state index in [0.29, 0.717) is 23.8 Å². The third kappa shape index (κ3) is 2.82. The van der Waals surface area contributed by atoms with Crippen molar-refractivity contribution in [3.8, 4) is 0 Å². The van der Waals surface area contributed by atoms with Crippen LogP contribution in [0.1, 0.15) is 59.8 Å². The molecule has 4 atom stereocenters. The van der Waals surface area contributed by atoms with Crippen molar-refractivity contribution in [2.45, 2.75) is 59.8 Å². The summed E-state index contributed by atoms with van der Waals surface area (Å²) in [6.07, 6.45) is 10.5. The molecular weight excluding hydrogens is 312 g/mol. The van der Waals surface area contributed by atoms with E-state index in [1.165, 1.54) is 31.3 Å². The molecule has 0 saturated heterocycles. The summed E-state index contributed by atoms with van der Waals surface area (Å²) in [5.74, 6) is 0.982. The van der Waals surface area contributed by atoms with Crippen molar-refractivity contribution < 1.29 is 14.3 Å². The van der Waals surface area contributed by atoms with Crippen molar-refractivity contribution in [2.75, 3.05) is 7.11 Å². The summed E-state index contributed by atoms with van der Waals surface area (Å²) in [6.45, 7) is 9.32. The fourth-order valence-corrected chi connectivity index (χ4v) is 5.53. The number of ether oxygens (including phenoxy) is 1. The van der Waals surface area contributed by atoms with Crippen molar-refractivity contribution in [3.05, 3.63) is 35.1 Å². The topological polar surface area (TPSA) is 43.4 Å². The summed E-state index contributed by atoms with van der Waals surface area (Å²) in [7, 11) is 1.46. The molecule has 0 spiro atoms. The number of carbonyl (C=O) groups excluding carboxylic acids is 2. The van der Waals surface area contributed by atoms with Crippen LogP contribution in [0.2, 0.25) is 0 Å². The van der Waals surface area contributed by atoms with Gasteiger partial charge in [-0.25, -0.2) is 0 Å². The first kappa shape index (κ1) is 18.2. The van der Waals surface area contributed by atoms with Gasteiger partial charge in [0.05, 0.1) is 7.11 Å². The van der Waals surface area contributed by atoms with Gasteiger partial charge in [0, 0.05) is 11.6 Å². The predicted molar refractivity (Wildman–Crippen MR) is 98.9 cm³/mol. The Balaban J connectivity index is 1.96. The minimum absolute atomic E-state index is 0.0144. The van der Waals surface area contributed by atoms with Crippen LogP contribution in [0.5, 0.6) is 0 Å². The number of ketones is 2. The Hall–Kier alpha value is -1.64. The van der Waals surface area contributed by atoms with Gasteiger partial charge in [0.15, 0.2) is 11.5 Å². The average Bonchev–Trinajstić information content (AvgIpc) is 2.57. The Bertz CT molecular complexity index is 696. The highest BCUT2D eigenvalue weighted by Crippen LogP contribution is 2.62. The Morgan fingerprint density at radius 2 is 1.92 bits per heavy atom. The third-order valence-corrected chi connectivity index (χ3v) is 7.49. The van der Waals surface area contributed by atoms with Crippen LogP contribution in [0.15, 0.2) is 35.1 Å². The van der Waals surface area contributed by atoms with Gasteiger partial charge < -0.3 is 4.74 Å². The second kappa shape index (κ2) is 6.26. The second-order valence-corrected chi connectivity index (χ2v) is 8.67. The van der Waals surface area contributed by atoms with Gasteiger partial charge in [-0.1, -0.05) is 32.4 Å². The van der Waals surface area contributed by atoms with Crippen LogP contribution in [0, 0.1) is 22.7 Å². The summed E-state index contributed by atoms with van der Waals surface area (Å²) in [5.41, 5.74) is 2.34. The van der Waals surface area contributed by atoms with E-state index in [9.17, 15) is 9.59 Å². The molecule has 3 aliphatic rings. The number of methoxy groups -OCH3 is 1. The number of carbonyl (C=O) groups is 2. The normalized spacial score (nSPS) is 38.5. The summed E-state index contributed by atoms with van der Waals surface area (Å²) in [5, 5.41) is 0. The fourth-order valence-electron chi connectivity index (χ4n) is 5.53. The standard InChI is InChI=1S/C22H30O3/c1-14-7-6-8-19-21(14,3)10-9-15(2)22(19,4)13-16-11-17(23)12-18(25-5)20(16)24/h7,11-12,15,19H,6,8-10,13H2,1-5H3. The largest absolute Gasteiger partial charge is 0.493 e. The monoisotopic (exact) mass is 342 g/mol. The molecule has 0 aromatic carbocycles. The van der Waals surface area contributed by atoms with E-state index in [1.807, 2.05) is 0 Å². The van der Waals surface area contributed by atoms with Gasteiger partial charge in [-0.15, -0.1) is 0 Å². The maximum absolute atomic E-state index is 12.7. The van der Waals surface area contributed by atoms with Gasteiger partial charge >= 0.3 is 0 Å². The predicted octanol–water partition coefficient (Wildman–Crippen LogP) is 4.78. The second-order valence-electron chi connectivity index (χ2n) is 8.67. The Morgan fingerprint density at radius 3 is 2.60 bits per heavy atom. The van der Waals surface area contributed by atoms with Crippen LogP contribution in [0.3, 0.4) is 0 Å². The van der Waals surface area contributed by atoms with Crippen molar-refractivity contribution in [3.63, 3.8) is 0 Å². The Morgan fingerprint density at radius 1 is 1.20 bits per heavy atom. The van der Waals surface area contributed by atoms with Crippen molar-refractivity contribution >= 4 is 11.6 Å². The highest BCUT2D eigenvalue weighted by atomic mass is 16.5. The summed E-state index contributed by atoms with van der Waals surface area (Å²) < 4.78 is 5.14. The Kier molecular flexibility index (Phi) is 4.55. The Labute approximate surface area is 151 Å². The van der Waals surface area contributed by atoms with Gasteiger partial charge in [-0.2, -0.15) is 0 Å². The van der Waals surface area contributed by atoms with Crippen LogP contribution >= 0.6 is 0 Å². The van der Waals surface area contributed by atoms with Gasteiger partial charge in [-0.05, 0) is 67.8 Å². The molecule has 4 unspecified atom stereocenters.